The average Bonchev–Trinajstić information content (AvgIpc) is 3.17. The van der Waals surface area contributed by atoms with E-state index in [1.807, 2.05) is 43.6 Å². The maximum Gasteiger partial charge on any atom is 0.105 e. The lowest BCUT2D eigenvalue weighted by molar-refractivity contribution is 0.215. The Morgan fingerprint density at radius 1 is 1.07 bits per heavy atom. The van der Waals surface area contributed by atoms with E-state index in [9.17, 15) is 5.26 Å². The van der Waals surface area contributed by atoms with Gasteiger partial charge in [-0.2, -0.15) is 5.26 Å². The third kappa shape index (κ3) is 4.46. The summed E-state index contributed by atoms with van der Waals surface area (Å²) >= 11 is 12.3. The van der Waals surface area contributed by atoms with Gasteiger partial charge in [0, 0.05) is 55.2 Å². The zero-order valence-corrected chi connectivity index (χ0v) is 18.3. The van der Waals surface area contributed by atoms with Crippen molar-refractivity contribution >= 4 is 28.9 Å². The Balaban J connectivity index is 1.60. The highest BCUT2D eigenvalue weighted by molar-refractivity contribution is 6.31. The van der Waals surface area contributed by atoms with Crippen molar-refractivity contribution in [1.29, 1.82) is 5.26 Å². The molecule has 1 aliphatic rings. The lowest BCUT2D eigenvalue weighted by Crippen LogP contribution is -2.49. The van der Waals surface area contributed by atoms with Gasteiger partial charge in [0.05, 0.1) is 17.3 Å². The molecule has 1 aliphatic heterocycles. The van der Waals surface area contributed by atoms with E-state index in [1.165, 1.54) is 5.56 Å². The van der Waals surface area contributed by atoms with E-state index in [1.54, 1.807) is 6.07 Å². The van der Waals surface area contributed by atoms with Gasteiger partial charge in [-0.1, -0.05) is 35.3 Å². The Hall–Kier alpha value is -2.52. The van der Waals surface area contributed by atoms with Crippen molar-refractivity contribution in [2.75, 3.05) is 31.1 Å². The normalized spacial score (nSPS) is 17.1. The first-order valence-corrected chi connectivity index (χ1v) is 10.7. The first-order chi connectivity index (χ1) is 14.5. The highest BCUT2D eigenvalue weighted by Crippen LogP contribution is 2.34. The maximum absolute atomic E-state index is 9.66. The lowest BCUT2D eigenvalue weighted by Gasteiger charge is -2.43. The zero-order chi connectivity index (χ0) is 21.1. The second-order valence-electron chi connectivity index (χ2n) is 7.50. The van der Waals surface area contributed by atoms with Crippen LogP contribution in [0.4, 0.5) is 5.69 Å². The Bertz CT molecular complexity index is 1050. The largest absolute Gasteiger partial charge is 0.361 e. The van der Waals surface area contributed by atoms with Crippen molar-refractivity contribution < 1.29 is 0 Å². The SMILES string of the molecule is Cc1nccn1CCN1CCN(c2ccc(Cl)cc2C#N)[C@H](c2ccc(Cl)cc2)C1. The van der Waals surface area contributed by atoms with Crippen molar-refractivity contribution in [2.45, 2.75) is 19.5 Å². The van der Waals surface area contributed by atoms with E-state index in [-0.39, 0.29) is 6.04 Å². The van der Waals surface area contributed by atoms with Crippen LogP contribution < -0.4 is 4.90 Å². The minimum absolute atomic E-state index is 0.119. The van der Waals surface area contributed by atoms with Crippen LogP contribution in [0, 0.1) is 18.3 Å². The molecule has 5 nitrogen and oxygen atoms in total. The number of imidazole rings is 1. The summed E-state index contributed by atoms with van der Waals surface area (Å²) in [5, 5.41) is 11.0. The van der Waals surface area contributed by atoms with Gasteiger partial charge in [-0.15, -0.1) is 0 Å². The molecule has 7 heteroatoms. The molecule has 30 heavy (non-hydrogen) atoms. The van der Waals surface area contributed by atoms with Crippen molar-refractivity contribution in [2.24, 2.45) is 0 Å². The first kappa shape index (κ1) is 20.7. The molecular weight excluding hydrogens is 417 g/mol. The molecule has 0 N–H and O–H groups in total. The van der Waals surface area contributed by atoms with Gasteiger partial charge in [0.1, 0.15) is 11.9 Å². The van der Waals surface area contributed by atoms with E-state index < -0.39 is 0 Å². The minimum Gasteiger partial charge on any atom is -0.361 e. The summed E-state index contributed by atoms with van der Waals surface area (Å²) in [6.45, 7) is 6.49. The number of hydrogen-bond donors (Lipinski definition) is 0. The van der Waals surface area contributed by atoms with E-state index in [0.717, 1.165) is 49.3 Å². The molecule has 154 valence electrons. The second kappa shape index (κ2) is 9.09. The van der Waals surface area contributed by atoms with E-state index in [2.05, 4.69) is 37.6 Å². The summed E-state index contributed by atoms with van der Waals surface area (Å²) in [6.07, 6.45) is 3.86. The molecule has 0 radical (unpaired) electrons. The predicted octanol–water partition coefficient (Wildman–Crippen LogP) is 4.93. The summed E-state index contributed by atoms with van der Waals surface area (Å²) in [4.78, 5) is 9.10. The molecule has 1 fully saturated rings. The minimum atomic E-state index is 0.119. The van der Waals surface area contributed by atoms with Crippen LogP contribution in [0.3, 0.4) is 0 Å². The van der Waals surface area contributed by atoms with E-state index in [4.69, 9.17) is 23.2 Å². The fourth-order valence-corrected chi connectivity index (χ4v) is 4.34. The topological polar surface area (TPSA) is 48.1 Å². The van der Waals surface area contributed by atoms with Gasteiger partial charge < -0.3 is 9.47 Å². The van der Waals surface area contributed by atoms with Crippen molar-refractivity contribution in [3.8, 4) is 6.07 Å². The molecule has 0 aliphatic carbocycles. The summed E-state index contributed by atoms with van der Waals surface area (Å²) in [6, 6.07) is 16.0. The van der Waals surface area contributed by atoms with Crippen molar-refractivity contribution in [3.63, 3.8) is 0 Å². The second-order valence-corrected chi connectivity index (χ2v) is 8.38. The lowest BCUT2D eigenvalue weighted by atomic mass is 10.00. The van der Waals surface area contributed by atoms with Crippen LogP contribution in [0.5, 0.6) is 0 Å². The standard InChI is InChI=1S/C23H23Cl2N5/c1-17-27-8-9-29(17)12-10-28-11-13-30(22-7-6-21(25)14-19(22)15-26)23(16-28)18-2-4-20(24)5-3-18/h2-9,14,23H,10-13,16H2,1H3/t23-/m0/s1. The number of benzene rings is 2. The number of nitriles is 1. The fraction of sp³-hybridized carbons (Fsp3) is 0.304. The molecule has 2 heterocycles. The van der Waals surface area contributed by atoms with Gasteiger partial charge in [-0.05, 0) is 42.8 Å². The summed E-state index contributed by atoms with van der Waals surface area (Å²) in [5.74, 6) is 1.03. The quantitative estimate of drug-likeness (QED) is 0.564. The molecule has 0 amide bonds. The molecule has 0 saturated carbocycles. The van der Waals surface area contributed by atoms with Gasteiger partial charge in [-0.25, -0.2) is 4.98 Å². The smallest absolute Gasteiger partial charge is 0.105 e. The molecule has 4 rings (SSSR count). The Labute approximate surface area is 187 Å². The number of aryl methyl sites for hydroxylation is 1. The van der Waals surface area contributed by atoms with Crippen LogP contribution >= 0.6 is 23.2 Å². The molecule has 0 unspecified atom stereocenters. The molecular formula is C23H23Cl2N5. The van der Waals surface area contributed by atoms with Crippen LogP contribution in [0.2, 0.25) is 10.0 Å². The number of rotatable bonds is 5. The molecule has 0 bridgehead atoms. The summed E-state index contributed by atoms with van der Waals surface area (Å²) in [7, 11) is 0. The number of piperazine rings is 1. The first-order valence-electron chi connectivity index (χ1n) is 9.97. The van der Waals surface area contributed by atoms with Gasteiger partial charge >= 0.3 is 0 Å². The number of halogens is 2. The number of anilines is 1. The molecule has 1 saturated heterocycles. The number of aromatic nitrogens is 2. The van der Waals surface area contributed by atoms with Gasteiger partial charge in [-0.3, -0.25) is 4.90 Å². The third-order valence-electron chi connectivity index (χ3n) is 5.69. The maximum atomic E-state index is 9.66. The Morgan fingerprint density at radius 3 is 2.53 bits per heavy atom. The molecule has 1 aromatic heterocycles. The zero-order valence-electron chi connectivity index (χ0n) is 16.8. The third-order valence-corrected chi connectivity index (χ3v) is 6.18. The fourth-order valence-electron chi connectivity index (χ4n) is 4.04. The number of nitrogens with zero attached hydrogens (tertiary/aromatic N) is 5. The van der Waals surface area contributed by atoms with Crippen molar-refractivity contribution in [3.05, 3.63) is 81.9 Å². The highest BCUT2D eigenvalue weighted by atomic mass is 35.5. The Kier molecular flexibility index (Phi) is 6.29. The van der Waals surface area contributed by atoms with Crippen LogP contribution in [-0.4, -0.2) is 40.6 Å². The van der Waals surface area contributed by atoms with E-state index >= 15 is 0 Å². The van der Waals surface area contributed by atoms with Crippen LogP contribution in [0.25, 0.3) is 0 Å². The monoisotopic (exact) mass is 439 g/mol. The van der Waals surface area contributed by atoms with Crippen molar-refractivity contribution in [1.82, 2.24) is 14.5 Å². The van der Waals surface area contributed by atoms with Gasteiger partial charge in [0.15, 0.2) is 0 Å². The summed E-state index contributed by atoms with van der Waals surface area (Å²) in [5.41, 5.74) is 2.71. The summed E-state index contributed by atoms with van der Waals surface area (Å²) < 4.78 is 2.18. The Morgan fingerprint density at radius 2 is 1.83 bits per heavy atom. The molecule has 3 aromatic rings. The highest BCUT2D eigenvalue weighted by Gasteiger charge is 2.29. The van der Waals surface area contributed by atoms with Crippen LogP contribution in [-0.2, 0) is 6.54 Å². The molecule has 0 spiro atoms. The predicted molar refractivity (Wildman–Crippen MR) is 121 cm³/mol. The van der Waals surface area contributed by atoms with E-state index in [0.29, 0.717) is 10.6 Å². The number of hydrogen-bond acceptors (Lipinski definition) is 4. The molecule has 2 aromatic carbocycles. The van der Waals surface area contributed by atoms with Crippen LogP contribution in [0.15, 0.2) is 54.9 Å². The van der Waals surface area contributed by atoms with Gasteiger partial charge in [0.2, 0.25) is 0 Å². The average molecular weight is 440 g/mol. The van der Waals surface area contributed by atoms with Crippen LogP contribution in [0.1, 0.15) is 23.0 Å². The van der Waals surface area contributed by atoms with Gasteiger partial charge in [0.25, 0.3) is 0 Å². The molecule has 1 atom stereocenters.